The Morgan fingerprint density at radius 2 is 2.15 bits per heavy atom. The van der Waals surface area contributed by atoms with Crippen molar-refractivity contribution in [3.63, 3.8) is 0 Å². The summed E-state index contributed by atoms with van der Waals surface area (Å²) in [5, 5.41) is 18.8. The second-order valence-electron chi connectivity index (χ2n) is 8.21. The Labute approximate surface area is 189 Å². The van der Waals surface area contributed by atoms with Crippen molar-refractivity contribution in [1.82, 2.24) is 15.3 Å². The topological polar surface area (TPSA) is 138 Å². The zero-order valence-electron chi connectivity index (χ0n) is 17.9. The second-order valence-corrected chi connectivity index (χ2v) is 8.21. The maximum Gasteiger partial charge on any atom is 0.320 e. The largest absolute Gasteiger partial charge is 0.474 e. The third kappa shape index (κ3) is 3.61. The molecule has 5 rings (SSSR count). The van der Waals surface area contributed by atoms with Crippen LogP contribution in [-0.4, -0.2) is 35.2 Å². The number of amides is 2. The van der Waals surface area contributed by atoms with Gasteiger partial charge in [0.2, 0.25) is 5.88 Å². The minimum absolute atomic E-state index is 0.0290. The molecule has 5 N–H and O–H groups in total. The zero-order chi connectivity index (χ0) is 23.1. The summed E-state index contributed by atoms with van der Waals surface area (Å²) in [6.45, 7) is 3.03. The number of carbonyl (C=O) groups is 1. The number of nitrogens with one attached hydrogen (secondary N) is 3. The fourth-order valence-corrected chi connectivity index (χ4v) is 4.20. The fraction of sp³-hybridized carbons (Fsp3) is 0.304. The summed E-state index contributed by atoms with van der Waals surface area (Å²) < 4.78 is 20.8. The van der Waals surface area contributed by atoms with Crippen LogP contribution >= 0.6 is 0 Å². The summed E-state index contributed by atoms with van der Waals surface area (Å²) in [5.74, 6) is 0.0551. The van der Waals surface area contributed by atoms with E-state index >= 15 is 4.39 Å². The molecule has 0 radical (unpaired) electrons. The summed E-state index contributed by atoms with van der Waals surface area (Å²) in [4.78, 5) is 20.8. The Morgan fingerprint density at radius 3 is 2.91 bits per heavy atom. The zero-order valence-corrected chi connectivity index (χ0v) is 17.9. The molecule has 1 fully saturated rings. The fourth-order valence-electron chi connectivity index (χ4n) is 4.20. The summed E-state index contributed by atoms with van der Waals surface area (Å²) in [6.07, 6.45) is 4.55. The van der Waals surface area contributed by atoms with Crippen molar-refractivity contribution in [2.75, 3.05) is 29.5 Å². The third-order valence-corrected chi connectivity index (χ3v) is 6.23. The molecule has 1 aromatic carbocycles. The van der Waals surface area contributed by atoms with E-state index in [-0.39, 0.29) is 17.6 Å². The van der Waals surface area contributed by atoms with Crippen LogP contribution in [0.25, 0.3) is 21.9 Å². The van der Waals surface area contributed by atoms with Crippen molar-refractivity contribution >= 4 is 34.0 Å². The van der Waals surface area contributed by atoms with E-state index < -0.39 is 11.8 Å². The number of halogens is 1. The van der Waals surface area contributed by atoms with Gasteiger partial charge in [0.25, 0.3) is 0 Å². The predicted molar refractivity (Wildman–Crippen MR) is 122 cm³/mol. The lowest BCUT2D eigenvalue weighted by Gasteiger charge is -2.31. The molecule has 168 valence electrons. The minimum atomic E-state index is -0.558. The van der Waals surface area contributed by atoms with Crippen molar-refractivity contribution in [3.05, 3.63) is 35.9 Å². The summed E-state index contributed by atoms with van der Waals surface area (Å²) in [6, 6.07) is 4.88. The first-order chi connectivity index (χ1) is 16.0. The molecule has 0 unspecified atom stereocenters. The Bertz CT molecular complexity index is 1320. The molecule has 1 saturated carbocycles. The molecule has 0 spiro atoms. The van der Waals surface area contributed by atoms with Crippen LogP contribution in [0, 0.1) is 30.0 Å². The van der Waals surface area contributed by atoms with Gasteiger partial charge in [-0.2, -0.15) is 5.26 Å². The summed E-state index contributed by atoms with van der Waals surface area (Å²) in [5.41, 5.74) is 8.51. The number of rotatable bonds is 3. The molecule has 2 aliphatic rings. The number of pyridine rings is 2. The van der Waals surface area contributed by atoms with Crippen LogP contribution in [0.1, 0.15) is 18.4 Å². The normalized spacial score (nSPS) is 18.8. The molecular formula is C23H22FN7O2. The van der Waals surface area contributed by atoms with Crippen LogP contribution in [-0.2, 0) is 0 Å². The van der Waals surface area contributed by atoms with Crippen LogP contribution in [0.4, 0.5) is 26.4 Å². The number of aromatic nitrogens is 2. The third-order valence-electron chi connectivity index (χ3n) is 6.23. The number of hydrogen-bond acceptors (Lipinski definition) is 7. The number of hydrogen-bond donors (Lipinski definition) is 4. The lowest BCUT2D eigenvalue weighted by atomic mass is 9.81. The molecule has 9 nitrogen and oxygen atoms in total. The van der Waals surface area contributed by atoms with E-state index in [0.29, 0.717) is 46.7 Å². The Morgan fingerprint density at radius 1 is 1.30 bits per heavy atom. The molecule has 2 aromatic heterocycles. The number of nitrogen functional groups attached to an aromatic ring is 1. The molecule has 33 heavy (non-hydrogen) atoms. The average molecular weight is 447 g/mol. The van der Waals surface area contributed by atoms with Gasteiger partial charge in [0.15, 0.2) is 5.82 Å². The molecule has 1 aliphatic carbocycles. The number of benzene rings is 1. The van der Waals surface area contributed by atoms with Crippen molar-refractivity contribution in [1.29, 1.82) is 5.26 Å². The van der Waals surface area contributed by atoms with Crippen LogP contribution in [0.15, 0.2) is 24.5 Å². The Kier molecular flexibility index (Phi) is 5.09. The van der Waals surface area contributed by atoms with Gasteiger partial charge in [0, 0.05) is 41.5 Å². The van der Waals surface area contributed by atoms with Gasteiger partial charge >= 0.3 is 6.03 Å². The predicted octanol–water partition coefficient (Wildman–Crippen LogP) is 3.55. The molecule has 2 atom stereocenters. The van der Waals surface area contributed by atoms with Gasteiger partial charge in [-0.1, -0.05) is 0 Å². The van der Waals surface area contributed by atoms with E-state index in [1.807, 2.05) is 6.92 Å². The van der Waals surface area contributed by atoms with E-state index in [9.17, 15) is 4.79 Å². The minimum Gasteiger partial charge on any atom is -0.474 e. The van der Waals surface area contributed by atoms with Crippen LogP contribution in [0.2, 0.25) is 0 Å². The highest BCUT2D eigenvalue weighted by Crippen LogP contribution is 2.39. The second kappa shape index (κ2) is 8.09. The first-order valence-electron chi connectivity index (χ1n) is 10.7. The molecule has 2 amide bonds. The number of anilines is 3. The van der Waals surface area contributed by atoms with E-state index in [0.717, 1.165) is 24.1 Å². The first-order valence-corrected chi connectivity index (χ1v) is 10.7. The summed E-state index contributed by atoms with van der Waals surface area (Å²) in [7, 11) is 0. The van der Waals surface area contributed by atoms with E-state index in [1.54, 1.807) is 18.3 Å². The van der Waals surface area contributed by atoms with Gasteiger partial charge < -0.3 is 21.1 Å². The standard InChI is InChI=1S/C23H22FN7O2/c1-11-15(9-29-22-21(11)27-4-5-33-22)14-6-13-7-18(28-10-16(13)20(26)19(14)24)31-23(32)30-17-3-2-12(17)8-25/h6-7,9-10,12,17,27H,2-5,26H2,1H3,(H2,28,30,31,32)/t12-,17-/m0/s1. The highest BCUT2D eigenvalue weighted by Gasteiger charge is 2.32. The van der Waals surface area contributed by atoms with E-state index in [4.69, 9.17) is 15.7 Å². The summed E-state index contributed by atoms with van der Waals surface area (Å²) >= 11 is 0. The van der Waals surface area contributed by atoms with Crippen molar-refractivity contribution in [2.24, 2.45) is 5.92 Å². The first kappa shape index (κ1) is 20.8. The van der Waals surface area contributed by atoms with Crippen molar-refractivity contribution in [3.8, 4) is 23.1 Å². The van der Waals surface area contributed by atoms with Crippen molar-refractivity contribution in [2.45, 2.75) is 25.8 Å². The number of fused-ring (bicyclic) bond motifs is 2. The maximum atomic E-state index is 15.3. The van der Waals surface area contributed by atoms with Gasteiger partial charge in [-0.25, -0.2) is 19.2 Å². The quantitative estimate of drug-likeness (QED) is 0.450. The van der Waals surface area contributed by atoms with Crippen LogP contribution in [0.3, 0.4) is 0 Å². The van der Waals surface area contributed by atoms with E-state index in [2.05, 4.69) is 32.0 Å². The van der Waals surface area contributed by atoms with Gasteiger partial charge in [0.1, 0.15) is 18.1 Å². The SMILES string of the molecule is Cc1c(-c2cc3cc(NC(=O)N[C@H]4CC[C@H]4C#N)ncc3c(N)c2F)cnc2c1NCCO2. The molecule has 3 heterocycles. The average Bonchev–Trinajstić information content (AvgIpc) is 2.80. The lowest BCUT2D eigenvalue weighted by Crippen LogP contribution is -2.47. The van der Waals surface area contributed by atoms with Crippen LogP contribution in [0.5, 0.6) is 5.88 Å². The molecule has 0 saturated heterocycles. The molecule has 1 aliphatic heterocycles. The van der Waals surface area contributed by atoms with Gasteiger partial charge in [0.05, 0.1) is 17.7 Å². The monoisotopic (exact) mass is 447 g/mol. The smallest absolute Gasteiger partial charge is 0.320 e. The van der Waals surface area contributed by atoms with Gasteiger partial charge in [-0.05, 0) is 42.8 Å². The number of ether oxygens (including phenoxy) is 1. The lowest BCUT2D eigenvalue weighted by molar-refractivity contribution is 0.227. The number of carbonyl (C=O) groups excluding carboxylic acids is 1. The molecule has 0 bridgehead atoms. The Balaban J connectivity index is 1.48. The van der Waals surface area contributed by atoms with Crippen LogP contribution < -0.4 is 26.4 Å². The van der Waals surface area contributed by atoms with Gasteiger partial charge in [-0.15, -0.1) is 0 Å². The highest BCUT2D eigenvalue weighted by molar-refractivity contribution is 6.00. The molecule has 10 heteroatoms. The highest BCUT2D eigenvalue weighted by atomic mass is 19.1. The molecular weight excluding hydrogens is 425 g/mol. The maximum absolute atomic E-state index is 15.3. The number of nitriles is 1. The van der Waals surface area contributed by atoms with Crippen molar-refractivity contribution < 1.29 is 13.9 Å². The number of nitrogens with two attached hydrogens (primary N) is 1. The number of urea groups is 1. The van der Waals surface area contributed by atoms with Gasteiger partial charge in [-0.3, -0.25) is 5.32 Å². The Hall–Kier alpha value is -4.13. The molecule has 3 aromatic rings. The number of nitrogens with zero attached hydrogens (tertiary/aromatic N) is 3. The van der Waals surface area contributed by atoms with E-state index in [1.165, 1.54) is 6.20 Å².